The molecule has 2 aromatic rings. The van der Waals surface area contributed by atoms with E-state index in [9.17, 15) is 10.2 Å². The number of halogens is 1. The zero-order valence-electron chi connectivity index (χ0n) is 9.88. The summed E-state index contributed by atoms with van der Waals surface area (Å²) in [5.41, 5.74) is 2.23. The van der Waals surface area contributed by atoms with E-state index in [2.05, 4.69) is 15.9 Å². The van der Waals surface area contributed by atoms with Gasteiger partial charge in [-0.15, -0.1) is 0 Å². The molecule has 0 fully saturated rings. The minimum absolute atomic E-state index is 0.0858. The van der Waals surface area contributed by atoms with Crippen molar-refractivity contribution in [2.75, 3.05) is 6.61 Å². The van der Waals surface area contributed by atoms with Gasteiger partial charge in [0.25, 0.3) is 0 Å². The van der Waals surface area contributed by atoms with E-state index in [0.29, 0.717) is 0 Å². The average Bonchev–Trinajstić information content (AvgIpc) is 2.39. The fourth-order valence-corrected chi connectivity index (χ4v) is 2.20. The number of hydrogen-bond donors (Lipinski definition) is 2. The van der Waals surface area contributed by atoms with Gasteiger partial charge in [0, 0.05) is 10.4 Å². The lowest BCUT2D eigenvalue weighted by Gasteiger charge is -2.15. The van der Waals surface area contributed by atoms with Gasteiger partial charge in [-0.05, 0) is 41.8 Å². The first-order chi connectivity index (χ1) is 8.69. The fraction of sp³-hybridized carbons (Fsp3) is 0.200. The maximum Gasteiger partial charge on any atom is 0.115 e. The first kappa shape index (κ1) is 13.1. The molecule has 0 aliphatic heterocycles. The molecule has 94 valence electrons. The molecule has 2 nitrogen and oxygen atoms in total. The van der Waals surface area contributed by atoms with E-state index < -0.39 is 0 Å². The van der Waals surface area contributed by atoms with E-state index in [0.717, 1.165) is 22.0 Å². The Morgan fingerprint density at radius 1 is 0.944 bits per heavy atom. The Bertz CT molecular complexity index is 491. The summed E-state index contributed by atoms with van der Waals surface area (Å²) in [6.45, 7) is 0.114. The largest absolute Gasteiger partial charge is 0.508 e. The number of benzene rings is 2. The molecule has 1 atom stereocenters. The fourth-order valence-electron chi connectivity index (χ4n) is 1.94. The number of phenolic OH excluding ortho intramolecular Hbond substituents is 1. The number of hydrogen-bond acceptors (Lipinski definition) is 2. The Hall–Kier alpha value is -1.32. The van der Waals surface area contributed by atoms with Gasteiger partial charge in [0.2, 0.25) is 0 Å². The van der Waals surface area contributed by atoms with Crippen molar-refractivity contribution in [3.05, 3.63) is 64.1 Å². The molecule has 0 aliphatic carbocycles. The summed E-state index contributed by atoms with van der Waals surface area (Å²) < 4.78 is 1.03. The van der Waals surface area contributed by atoms with E-state index in [1.807, 2.05) is 36.4 Å². The maximum absolute atomic E-state index is 9.50. The summed E-state index contributed by atoms with van der Waals surface area (Å²) in [6.07, 6.45) is 0.762. The smallest absolute Gasteiger partial charge is 0.115 e. The van der Waals surface area contributed by atoms with Gasteiger partial charge in [-0.1, -0.05) is 40.2 Å². The summed E-state index contributed by atoms with van der Waals surface area (Å²) in [7, 11) is 0. The zero-order valence-corrected chi connectivity index (χ0v) is 11.5. The van der Waals surface area contributed by atoms with Crippen LogP contribution in [0.1, 0.15) is 17.0 Å². The third-order valence-corrected chi connectivity index (χ3v) is 3.51. The zero-order chi connectivity index (χ0) is 13.0. The molecule has 2 aromatic carbocycles. The lowest BCUT2D eigenvalue weighted by atomic mass is 9.93. The van der Waals surface area contributed by atoms with Crippen molar-refractivity contribution in [2.45, 2.75) is 12.3 Å². The van der Waals surface area contributed by atoms with Crippen molar-refractivity contribution in [2.24, 2.45) is 0 Å². The molecule has 0 aromatic heterocycles. The normalized spacial score (nSPS) is 12.3. The van der Waals surface area contributed by atoms with Gasteiger partial charge in [0.05, 0.1) is 6.61 Å². The van der Waals surface area contributed by atoms with Gasteiger partial charge >= 0.3 is 0 Å². The Morgan fingerprint density at radius 2 is 1.56 bits per heavy atom. The highest BCUT2D eigenvalue weighted by Crippen LogP contribution is 2.23. The van der Waals surface area contributed by atoms with Gasteiger partial charge in [-0.2, -0.15) is 0 Å². The minimum Gasteiger partial charge on any atom is -0.508 e. The lowest BCUT2D eigenvalue weighted by molar-refractivity contribution is 0.264. The third-order valence-electron chi connectivity index (χ3n) is 2.98. The highest BCUT2D eigenvalue weighted by Gasteiger charge is 2.11. The molecule has 0 aliphatic rings. The highest BCUT2D eigenvalue weighted by atomic mass is 79.9. The molecule has 18 heavy (non-hydrogen) atoms. The highest BCUT2D eigenvalue weighted by molar-refractivity contribution is 9.10. The second kappa shape index (κ2) is 6.03. The van der Waals surface area contributed by atoms with Crippen molar-refractivity contribution in [3.8, 4) is 5.75 Å². The molecule has 0 saturated carbocycles. The van der Waals surface area contributed by atoms with Crippen LogP contribution in [-0.4, -0.2) is 16.8 Å². The van der Waals surface area contributed by atoms with Crippen LogP contribution >= 0.6 is 15.9 Å². The number of aromatic hydroxyl groups is 1. The molecule has 2 N–H and O–H groups in total. The molecule has 0 radical (unpaired) electrons. The lowest BCUT2D eigenvalue weighted by Crippen LogP contribution is -2.07. The first-order valence-corrected chi connectivity index (χ1v) is 6.62. The molecule has 0 spiro atoms. The number of phenols is 1. The van der Waals surface area contributed by atoms with Crippen LogP contribution in [0.25, 0.3) is 0 Å². The molecular formula is C15H15BrO2. The van der Waals surface area contributed by atoms with Gasteiger partial charge in [0.15, 0.2) is 0 Å². The van der Waals surface area contributed by atoms with Crippen molar-refractivity contribution in [1.82, 2.24) is 0 Å². The Morgan fingerprint density at radius 3 is 2.11 bits per heavy atom. The molecule has 1 unspecified atom stereocenters. The minimum atomic E-state index is 0.0858. The first-order valence-electron chi connectivity index (χ1n) is 5.83. The van der Waals surface area contributed by atoms with E-state index >= 15 is 0 Å². The van der Waals surface area contributed by atoms with Crippen molar-refractivity contribution in [3.63, 3.8) is 0 Å². The number of aliphatic hydroxyl groups excluding tert-OH is 1. The van der Waals surface area contributed by atoms with Crippen molar-refractivity contribution < 1.29 is 10.2 Å². The second-order valence-corrected chi connectivity index (χ2v) is 5.22. The Balaban J connectivity index is 2.14. The predicted molar refractivity (Wildman–Crippen MR) is 75.8 cm³/mol. The maximum atomic E-state index is 9.50. The van der Waals surface area contributed by atoms with Gasteiger partial charge < -0.3 is 10.2 Å². The molecule has 2 rings (SSSR count). The summed E-state index contributed by atoms with van der Waals surface area (Å²) in [6, 6.07) is 15.1. The predicted octanol–water partition coefficient (Wildman–Crippen LogP) is 3.47. The summed E-state index contributed by atoms with van der Waals surface area (Å²) >= 11 is 3.40. The third kappa shape index (κ3) is 3.34. The summed E-state index contributed by atoms with van der Waals surface area (Å²) in [5, 5.41) is 18.7. The molecule has 3 heteroatoms. The second-order valence-electron chi connectivity index (χ2n) is 4.30. The Kier molecular flexibility index (Phi) is 4.39. The van der Waals surface area contributed by atoms with Crippen LogP contribution in [0.4, 0.5) is 0 Å². The van der Waals surface area contributed by atoms with Gasteiger partial charge in [-0.25, -0.2) is 0 Å². The van der Waals surface area contributed by atoms with Crippen molar-refractivity contribution in [1.29, 1.82) is 0 Å². The van der Waals surface area contributed by atoms with Crippen LogP contribution in [0.3, 0.4) is 0 Å². The molecular weight excluding hydrogens is 292 g/mol. The van der Waals surface area contributed by atoms with Crippen LogP contribution in [0.5, 0.6) is 5.75 Å². The topological polar surface area (TPSA) is 40.5 Å². The van der Waals surface area contributed by atoms with Crippen LogP contribution in [0, 0.1) is 0 Å². The van der Waals surface area contributed by atoms with Crippen LogP contribution < -0.4 is 0 Å². The number of rotatable bonds is 4. The van der Waals surface area contributed by atoms with E-state index in [1.165, 1.54) is 0 Å². The van der Waals surface area contributed by atoms with Crippen LogP contribution in [0.15, 0.2) is 53.0 Å². The standard InChI is InChI=1S/C15H15BrO2/c16-14-5-3-12(4-6-14)13(10-17)9-11-1-7-15(18)8-2-11/h1-8,13,17-18H,9-10H2. The molecule has 0 bridgehead atoms. The summed E-state index contributed by atoms with van der Waals surface area (Å²) in [5.74, 6) is 0.352. The van der Waals surface area contributed by atoms with E-state index in [-0.39, 0.29) is 18.3 Å². The SMILES string of the molecule is OCC(Cc1ccc(O)cc1)c1ccc(Br)cc1. The van der Waals surface area contributed by atoms with Crippen LogP contribution in [0.2, 0.25) is 0 Å². The molecule has 0 heterocycles. The Labute approximate surface area is 115 Å². The quantitative estimate of drug-likeness (QED) is 0.908. The molecule has 0 amide bonds. The van der Waals surface area contributed by atoms with Crippen molar-refractivity contribution >= 4 is 15.9 Å². The number of aliphatic hydroxyl groups is 1. The van der Waals surface area contributed by atoms with Gasteiger partial charge in [-0.3, -0.25) is 0 Å². The summed E-state index contributed by atoms with van der Waals surface area (Å²) in [4.78, 5) is 0. The van der Waals surface area contributed by atoms with Gasteiger partial charge in [0.1, 0.15) is 5.75 Å². The van der Waals surface area contributed by atoms with Crippen LogP contribution in [-0.2, 0) is 6.42 Å². The average molecular weight is 307 g/mol. The van der Waals surface area contributed by atoms with E-state index in [1.54, 1.807) is 12.1 Å². The van der Waals surface area contributed by atoms with E-state index in [4.69, 9.17) is 0 Å². The monoisotopic (exact) mass is 306 g/mol. The molecule has 0 saturated heterocycles.